The van der Waals surface area contributed by atoms with Gasteiger partial charge in [-0.3, -0.25) is 9.69 Å². The summed E-state index contributed by atoms with van der Waals surface area (Å²) in [5.41, 5.74) is -0.433. The Morgan fingerprint density at radius 1 is 1.28 bits per heavy atom. The SMILES string of the molecule is CC1CCC(C(=O)CCS(C)(=O)=O)(N(C)C)CC1. The molecule has 0 N–H and O–H groups in total. The predicted octanol–water partition coefficient (Wildman–Crippen LogP) is 1.50. The number of rotatable bonds is 5. The summed E-state index contributed by atoms with van der Waals surface area (Å²) in [6, 6.07) is 0. The van der Waals surface area contributed by atoms with E-state index in [9.17, 15) is 13.2 Å². The van der Waals surface area contributed by atoms with Crippen molar-refractivity contribution in [3.8, 4) is 0 Å². The fourth-order valence-electron chi connectivity index (χ4n) is 2.73. The summed E-state index contributed by atoms with van der Waals surface area (Å²) < 4.78 is 22.4. The number of nitrogens with zero attached hydrogens (tertiary/aromatic N) is 1. The fraction of sp³-hybridized carbons (Fsp3) is 0.923. The largest absolute Gasteiger partial charge is 0.298 e. The van der Waals surface area contributed by atoms with Gasteiger partial charge < -0.3 is 0 Å². The van der Waals surface area contributed by atoms with Gasteiger partial charge in [0.25, 0.3) is 0 Å². The molecule has 1 saturated carbocycles. The molecule has 0 aromatic rings. The number of carbonyl (C=O) groups is 1. The molecule has 0 atom stereocenters. The van der Waals surface area contributed by atoms with Gasteiger partial charge in [0.2, 0.25) is 0 Å². The summed E-state index contributed by atoms with van der Waals surface area (Å²) >= 11 is 0. The Bertz CT molecular complexity index is 392. The maximum atomic E-state index is 12.4. The van der Waals surface area contributed by atoms with Crippen LogP contribution in [0, 0.1) is 5.92 Å². The standard InChI is InChI=1S/C13H25NO3S/c1-11-5-8-13(9-6-11,14(2)3)12(15)7-10-18(4,16)17/h11H,5-10H2,1-4H3. The molecule has 0 bridgehead atoms. The van der Waals surface area contributed by atoms with E-state index < -0.39 is 15.4 Å². The highest BCUT2D eigenvalue weighted by Crippen LogP contribution is 2.36. The third-order valence-corrected chi connectivity index (χ3v) is 5.12. The molecular formula is C13H25NO3S. The van der Waals surface area contributed by atoms with Gasteiger partial charge in [0.15, 0.2) is 5.78 Å². The third-order valence-electron chi connectivity index (χ3n) is 4.18. The minimum atomic E-state index is -3.06. The van der Waals surface area contributed by atoms with E-state index in [1.165, 1.54) is 6.26 Å². The minimum absolute atomic E-state index is 0.0308. The van der Waals surface area contributed by atoms with Gasteiger partial charge in [-0.05, 0) is 45.7 Å². The first kappa shape index (κ1) is 15.6. The zero-order valence-corrected chi connectivity index (χ0v) is 12.7. The van der Waals surface area contributed by atoms with Crippen molar-refractivity contribution in [2.45, 2.75) is 44.6 Å². The van der Waals surface area contributed by atoms with Gasteiger partial charge in [-0.15, -0.1) is 0 Å². The normalized spacial score (nSPS) is 29.5. The number of ketones is 1. The predicted molar refractivity (Wildman–Crippen MR) is 73.4 cm³/mol. The fourth-order valence-corrected chi connectivity index (χ4v) is 3.28. The molecule has 0 unspecified atom stereocenters. The van der Waals surface area contributed by atoms with Crippen molar-refractivity contribution in [1.82, 2.24) is 4.90 Å². The molecule has 4 nitrogen and oxygen atoms in total. The van der Waals surface area contributed by atoms with Gasteiger partial charge >= 0.3 is 0 Å². The van der Waals surface area contributed by atoms with Crippen LogP contribution in [0.1, 0.15) is 39.0 Å². The summed E-state index contributed by atoms with van der Waals surface area (Å²) in [6.07, 6.45) is 5.12. The van der Waals surface area contributed by atoms with Crippen LogP contribution in [-0.2, 0) is 14.6 Å². The second-order valence-electron chi connectivity index (χ2n) is 5.91. The molecule has 0 amide bonds. The number of sulfone groups is 1. The van der Waals surface area contributed by atoms with Gasteiger partial charge in [0.05, 0.1) is 11.3 Å². The smallest absolute Gasteiger partial charge is 0.154 e. The maximum Gasteiger partial charge on any atom is 0.154 e. The van der Waals surface area contributed by atoms with Gasteiger partial charge in [-0.2, -0.15) is 0 Å². The van der Waals surface area contributed by atoms with E-state index in [0.29, 0.717) is 5.92 Å². The molecule has 0 radical (unpaired) electrons. The summed E-state index contributed by atoms with van der Waals surface area (Å²) in [4.78, 5) is 14.4. The van der Waals surface area contributed by atoms with Crippen LogP contribution in [0.2, 0.25) is 0 Å². The van der Waals surface area contributed by atoms with Gasteiger partial charge in [0.1, 0.15) is 9.84 Å². The Balaban J connectivity index is 2.76. The third kappa shape index (κ3) is 3.79. The van der Waals surface area contributed by atoms with E-state index in [0.717, 1.165) is 25.7 Å². The van der Waals surface area contributed by atoms with E-state index in [2.05, 4.69) is 6.92 Å². The van der Waals surface area contributed by atoms with Crippen molar-refractivity contribution in [2.24, 2.45) is 5.92 Å². The Hall–Kier alpha value is -0.420. The van der Waals surface area contributed by atoms with Gasteiger partial charge in [-0.1, -0.05) is 6.92 Å². The number of likely N-dealkylation sites (N-methyl/N-ethyl adjacent to an activating group) is 1. The summed E-state index contributed by atoms with van der Waals surface area (Å²) in [5.74, 6) is 0.724. The monoisotopic (exact) mass is 275 g/mol. The molecule has 1 fully saturated rings. The highest BCUT2D eigenvalue weighted by molar-refractivity contribution is 7.90. The molecule has 0 spiro atoms. The van der Waals surface area contributed by atoms with Gasteiger partial charge in [0, 0.05) is 12.7 Å². The second kappa shape index (κ2) is 5.70. The Morgan fingerprint density at radius 2 is 1.78 bits per heavy atom. The lowest BCUT2D eigenvalue weighted by Crippen LogP contribution is -2.53. The van der Waals surface area contributed by atoms with E-state index >= 15 is 0 Å². The molecule has 0 saturated heterocycles. The van der Waals surface area contributed by atoms with Crippen LogP contribution in [-0.4, -0.2) is 50.7 Å². The molecule has 5 heteroatoms. The highest BCUT2D eigenvalue weighted by Gasteiger charge is 2.42. The topological polar surface area (TPSA) is 54.5 Å². The summed E-state index contributed by atoms with van der Waals surface area (Å²) in [5, 5.41) is 0. The van der Waals surface area contributed by atoms with E-state index in [4.69, 9.17) is 0 Å². The first-order valence-corrected chi connectivity index (χ1v) is 8.62. The average molecular weight is 275 g/mol. The molecule has 0 heterocycles. The lowest BCUT2D eigenvalue weighted by molar-refractivity contribution is -0.132. The summed E-state index contributed by atoms with van der Waals surface area (Å²) in [7, 11) is 0.789. The van der Waals surface area contributed by atoms with E-state index in [1.807, 2.05) is 19.0 Å². The molecule has 0 aromatic heterocycles. The van der Waals surface area contributed by atoms with Crippen molar-refractivity contribution in [3.63, 3.8) is 0 Å². The van der Waals surface area contributed by atoms with Crippen molar-refractivity contribution < 1.29 is 13.2 Å². The molecule has 1 aliphatic rings. The first-order valence-electron chi connectivity index (χ1n) is 6.56. The van der Waals surface area contributed by atoms with Crippen LogP contribution in [0.25, 0.3) is 0 Å². The van der Waals surface area contributed by atoms with Crippen molar-refractivity contribution >= 4 is 15.6 Å². The van der Waals surface area contributed by atoms with Crippen molar-refractivity contribution in [3.05, 3.63) is 0 Å². The van der Waals surface area contributed by atoms with Crippen molar-refractivity contribution in [1.29, 1.82) is 0 Å². The van der Waals surface area contributed by atoms with Crippen LogP contribution in [0.3, 0.4) is 0 Å². The molecule has 18 heavy (non-hydrogen) atoms. The quantitative estimate of drug-likeness (QED) is 0.763. The van der Waals surface area contributed by atoms with Crippen LogP contribution in [0.5, 0.6) is 0 Å². The molecule has 0 aromatic carbocycles. The van der Waals surface area contributed by atoms with Crippen molar-refractivity contribution in [2.75, 3.05) is 26.1 Å². The lowest BCUT2D eigenvalue weighted by Gasteiger charge is -2.43. The minimum Gasteiger partial charge on any atom is -0.298 e. The van der Waals surface area contributed by atoms with Crippen LogP contribution >= 0.6 is 0 Å². The Kier molecular flexibility index (Phi) is 4.95. The zero-order valence-electron chi connectivity index (χ0n) is 11.9. The van der Waals surface area contributed by atoms with Crippen LogP contribution < -0.4 is 0 Å². The lowest BCUT2D eigenvalue weighted by atomic mass is 9.73. The Labute approximate surface area is 111 Å². The molecule has 1 rings (SSSR count). The van der Waals surface area contributed by atoms with Gasteiger partial charge in [-0.25, -0.2) is 8.42 Å². The maximum absolute atomic E-state index is 12.4. The molecule has 1 aliphatic carbocycles. The number of carbonyl (C=O) groups excluding carboxylic acids is 1. The summed E-state index contributed by atoms with van der Waals surface area (Å²) in [6.45, 7) is 2.21. The van der Waals surface area contributed by atoms with Crippen LogP contribution in [0.4, 0.5) is 0 Å². The van der Waals surface area contributed by atoms with E-state index in [-0.39, 0.29) is 18.0 Å². The Morgan fingerprint density at radius 3 is 2.17 bits per heavy atom. The molecule has 106 valence electrons. The molecule has 0 aliphatic heterocycles. The number of hydrogen-bond donors (Lipinski definition) is 0. The second-order valence-corrected chi connectivity index (χ2v) is 8.17. The first-order chi connectivity index (χ1) is 8.17. The highest BCUT2D eigenvalue weighted by atomic mass is 32.2. The average Bonchev–Trinajstić information content (AvgIpc) is 2.26. The number of Topliss-reactive ketones (excluding diaryl/α,β-unsaturated/α-hetero) is 1. The zero-order chi connectivity index (χ0) is 14.0. The molecular weight excluding hydrogens is 250 g/mol. The number of hydrogen-bond acceptors (Lipinski definition) is 4. The van der Waals surface area contributed by atoms with Crippen LogP contribution in [0.15, 0.2) is 0 Å². The van der Waals surface area contributed by atoms with E-state index in [1.54, 1.807) is 0 Å².